The number of aryl methyl sites for hydroxylation is 2. The molecular formula is C26H29FN2O3. The number of hydrogen-bond donors (Lipinski definition) is 0. The summed E-state index contributed by atoms with van der Waals surface area (Å²) in [4.78, 5) is 16.8. The summed E-state index contributed by atoms with van der Waals surface area (Å²) >= 11 is 0. The van der Waals surface area contributed by atoms with Crippen molar-refractivity contribution in [3.63, 3.8) is 0 Å². The first kappa shape index (κ1) is 21.9. The van der Waals surface area contributed by atoms with E-state index in [9.17, 15) is 9.18 Å². The molecule has 0 N–H and O–H groups in total. The van der Waals surface area contributed by atoms with Crippen LogP contribution in [0, 0.1) is 19.7 Å². The molecule has 0 spiro atoms. The predicted molar refractivity (Wildman–Crippen MR) is 126 cm³/mol. The molecule has 32 heavy (non-hydrogen) atoms. The second kappa shape index (κ2) is 9.07. The molecule has 1 aromatic heterocycles. The number of rotatable bonds is 5. The van der Waals surface area contributed by atoms with Gasteiger partial charge in [-0.25, -0.2) is 4.39 Å². The lowest BCUT2D eigenvalue weighted by molar-refractivity contribution is -0.126. The highest BCUT2D eigenvalue weighted by Crippen LogP contribution is 2.35. The van der Waals surface area contributed by atoms with E-state index in [0.717, 1.165) is 33.4 Å². The Hall–Kier alpha value is -3.28. The van der Waals surface area contributed by atoms with E-state index in [1.54, 1.807) is 18.2 Å². The molecular weight excluding hydrogens is 407 g/mol. The SMILES string of the molecule is CCOc1cc2oc(C)c(C)c2cc1/C(C)=C/C(=O)N1CCN(c2ccccc2F)CC1. The summed E-state index contributed by atoms with van der Waals surface area (Å²) in [6.07, 6.45) is 1.67. The number of para-hydroxylation sites is 1. The van der Waals surface area contributed by atoms with Crippen LogP contribution < -0.4 is 9.64 Å². The van der Waals surface area contributed by atoms with Gasteiger partial charge in [0, 0.05) is 49.3 Å². The maximum absolute atomic E-state index is 14.1. The molecule has 5 nitrogen and oxygen atoms in total. The van der Waals surface area contributed by atoms with Gasteiger partial charge in [-0.1, -0.05) is 12.1 Å². The van der Waals surface area contributed by atoms with Crippen molar-refractivity contribution in [1.82, 2.24) is 4.90 Å². The summed E-state index contributed by atoms with van der Waals surface area (Å²) in [6.45, 7) is 10.7. The van der Waals surface area contributed by atoms with E-state index in [0.29, 0.717) is 44.2 Å². The molecule has 1 saturated heterocycles. The van der Waals surface area contributed by atoms with Crippen molar-refractivity contribution >= 4 is 28.1 Å². The number of carbonyl (C=O) groups excluding carboxylic acids is 1. The van der Waals surface area contributed by atoms with Crippen LogP contribution in [-0.2, 0) is 4.79 Å². The van der Waals surface area contributed by atoms with Crippen LogP contribution in [0.15, 0.2) is 46.9 Å². The number of benzene rings is 2. The van der Waals surface area contributed by atoms with Gasteiger partial charge in [-0.3, -0.25) is 4.79 Å². The standard InChI is InChI=1S/C26H29FN2O3/c1-5-31-24-16-25-21(18(3)19(4)32-25)15-20(24)17(2)14-26(30)29-12-10-28(11-13-29)23-9-7-6-8-22(23)27/h6-9,14-16H,5,10-13H2,1-4H3/b17-14+. The van der Waals surface area contributed by atoms with E-state index in [2.05, 4.69) is 0 Å². The van der Waals surface area contributed by atoms with E-state index in [-0.39, 0.29) is 11.7 Å². The monoisotopic (exact) mass is 436 g/mol. The van der Waals surface area contributed by atoms with Gasteiger partial charge in [0.1, 0.15) is 22.9 Å². The number of halogens is 1. The summed E-state index contributed by atoms with van der Waals surface area (Å²) in [5.41, 5.74) is 4.20. The second-order valence-corrected chi connectivity index (χ2v) is 8.15. The third kappa shape index (κ3) is 4.22. The second-order valence-electron chi connectivity index (χ2n) is 8.15. The molecule has 1 aliphatic heterocycles. The molecule has 0 atom stereocenters. The third-order valence-corrected chi connectivity index (χ3v) is 6.13. The number of allylic oxidation sites excluding steroid dienone is 1. The van der Waals surface area contributed by atoms with Crippen LogP contribution in [0.25, 0.3) is 16.5 Å². The Labute approximate surface area is 188 Å². The van der Waals surface area contributed by atoms with Gasteiger partial charge in [0.2, 0.25) is 5.91 Å². The molecule has 0 aliphatic carbocycles. The number of hydrogen-bond acceptors (Lipinski definition) is 4. The van der Waals surface area contributed by atoms with Gasteiger partial charge in [0.15, 0.2) is 0 Å². The lowest BCUT2D eigenvalue weighted by Gasteiger charge is -2.35. The molecule has 0 saturated carbocycles. The molecule has 1 aliphatic rings. The van der Waals surface area contributed by atoms with E-state index in [4.69, 9.17) is 9.15 Å². The fraction of sp³-hybridized carbons (Fsp3) is 0.346. The van der Waals surface area contributed by atoms with Crippen LogP contribution in [0.3, 0.4) is 0 Å². The predicted octanol–water partition coefficient (Wildman–Crippen LogP) is 5.34. The number of nitrogens with zero attached hydrogens (tertiary/aromatic N) is 2. The van der Waals surface area contributed by atoms with Crippen LogP contribution in [0.4, 0.5) is 10.1 Å². The minimum Gasteiger partial charge on any atom is -0.493 e. The lowest BCUT2D eigenvalue weighted by Crippen LogP contribution is -2.48. The lowest BCUT2D eigenvalue weighted by atomic mass is 10.0. The zero-order valence-corrected chi connectivity index (χ0v) is 19.1. The van der Waals surface area contributed by atoms with Crippen LogP contribution in [0.1, 0.15) is 30.7 Å². The maximum Gasteiger partial charge on any atom is 0.246 e. The Morgan fingerprint density at radius 1 is 1.16 bits per heavy atom. The summed E-state index contributed by atoms with van der Waals surface area (Å²) in [5.74, 6) is 1.31. The Balaban J connectivity index is 1.53. The number of furan rings is 1. The first-order valence-electron chi connectivity index (χ1n) is 11.0. The molecule has 4 rings (SSSR count). The van der Waals surface area contributed by atoms with Gasteiger partial charge in [0.05, 0.1) is 12.3 Å². The highest BCUT2D eigenvalue weighted by atomic mass is 19.1. The molecule has 2 aromatic carbocycles. The quantitative estimate of drug-likeness (QED) is 0.507. The van der Waals surface area contributed by atoms with Crippen LogP contribution in [0.2, 0.25) is 0 Å². The van der Waals surface area contributed by atoms with Gasteiger partial charge >= 0.3 is 0 Å². The molecule has 1 fully saturated rings. The highest BCUT2D eigenvalue weighted by Gasteiger charge is 2.22. The number of piperazine rings is 1. The fourth-order valence-electron chi connectivity index (χ4n) is 4.18. The molecule has 3 aromatic rings. The van der Waals surface area contributed by atoms with Crippen molar-refractivity contribution in [2.24, 2.45) is 0 Å². The van der Waals surface area contributed by atoms with Gasteiger partial charge in [-0.2, -0.15) is 0 Å². The average molecular weight is 437 g/mol. The summed E-state index contributed by atoms with van der Waals surface area (Å²) in [6, 6.07) is 10.7. The Bertz CT molecular complexity index is 1170. The summed E-state index contributed by atoms with van der Waals surface area (Å²) in [5, 5.41) is 1.03. The normalized spacial score (nSPS) is 14.8. The molecule has 0 radical (unpaired) electrons. The Morgan fingerprint density at radius 3 is 2.56 bits per heavy atom. The van der Waals surface area contributed by atoms with E-state index in [1.165, 1.54) is 6.07 Å². The van der Waals surface area contributed by atoms with Crippen LogP contribution >= 0.6 is 0 Å². The topological polar surface area (TPSA) is 45.9 Å². The first-order chi connectivity index (χ1) is 15.4. The van der Waals surface area contributed by atoms with Crippen molar-refractivity contribution in [3.8, 4) is 5.75 Å². The molecule has 2 heterocycles. The maximum atomic E-state index is 14.1. The minimum absolute atomic E-state index is 0.0432. The first-order valence-corrected chi connectivity index (χ1v) is 11.0. The molecule has 0 unspecified atom stereocenters. The Morgan fingerprint density at radius 2 is 1.88 bits per heavy atom. The number of amides is 1. The number of ether oxygens (including phenoxy) is 1. The summed E-state index contributed by atoms with van der Waals surface area (Å²) in [7, 11) is 0. The van der Waals surface area contributed by atoms with E-state index >= 15 is 0 Å². The molecule has 0 bridgehead atoms. The van der Waals surface area contributed by atoms with Crippen LogP contribution in [-0.4, -0.2) is 43.6 Å². The number of anilines is 1. The van der Waals surface area contributed by atoms with E-state index in [1.807, 2.05) is 55.7 Å². The minimum atomic E-state index is -0.230. The fourth-order valence-corrected chi connectivity index (χ4v) is 4.18. The number of carbonyl (C=O) groups is 1. The Kier molecular flexibility index (Phi) is 6.21. The van der Waals surface area contributed by atoms with Crippen molar-refractivity contribution in [2.75, 3.05) is 37.7 Å². The van der Waals surface area contributed by atoms with Gasteiger partial charge in [0.25, 0.3) is 0 Å². The van der Waals surface area contributed by atoms with E-state index < -0.39 is 0 Å². The smallest absolute Gasteiger partial charge is 0.246 e. The van der Waals surface area contributed by atoms with Gasteiger partial charge in [-0.15, -0.1) is 0 Å². The van der Waals surface area contributed by atoms with Crippen molar-refractivity contribution in [2.45, 2.75) is 27.7 Å². The van der Waals surface area contributed by atoms with Crippen LogP contribution in [0.5, 0.6) is 5.75 Å². The molecule has 1 amide bonds. The van der Waals surface area contributed by atoms with Crippen molar-refractivity contribution < 1.29 is 18.3 Å². The molecule has 6 heteroatoms. The van der Waals surface area contributed by atoms with Crippen molar-refractivity contribution in [1.29, 1.82) is 0 Å². The van der Waals surface area contributed by atoms with Gasteiger partial charge in [-0.05, 0) is 57.0 Å². The zero-order chi connectivity index (χ0) is 22.8. The number of fused-ring (bicyclic) bond motifs is 1. The highest BCUT2D eigenvalue weighted by molar-refractivity contribution is 5.97. The third-order valence-electron chi connectivity index (χ3n) is 6.13. The average Bonchev–Trinajstić information content (AvgIpc) is 3.06. The van der Waals surface area contributed by atoms with Crippen molar-refractivity contribution in [3.05, 3.63) is 65.2 Å². The molecule has 168 valence electrons. The largest absolute Gasteiger partial charge is 0.493 e. The zero-order valence-electron chi connectivity index (χ0n) is 19.1. The summed E-state index contributed by atoms with van der Waals surface area (Å²) < 4.78 is 25.8. The van der Waals surface area contributed by atoms with Gasteiger partial charge < -0.3 is 19.0 Å².